The Morgan fingerprint density at radius 3 is 2.19 bits per heavy atom. The molecule has 0 unspecified atom stereocenters. The number of rotatable bonds is 6. The number of allylic oxidation sites excluding steroid dienone is 1. The predicted molar refractivity (Wildman–Crippen MR) is 72.4 cm³/mol. The van der Waals surface area contributed by atoms with Crippen LogP contribution in [0.2, 0.25) is 0 Å². The number of hydrogen-bond acceptors (Lipinski definition) is 1. The molecule has 1 fully saturated rings. The van der Waals surface area contributed by atoms with E-state index in [0.29, 0.717) is 6.04 Å². The summed E-state index contributed by atoms with van der Waals surface area (Å²) in [7, 11) is 0. The molecule has 0 aromatic rings. The van der Waals surface area contributed by atoms with E-state index in [0.717, 1.165) is 17.5 Å². The Bertz CT molecular complexity index is 197. The lowest BCUT2D eigenvalue weighted by atomic mass is 9.79. The van der Waals surface area contributed by atoms with Crippen LogP contribution in [-0.4, -0.2) is 6.04 Å². The highest BCUT2D eigenvalue weighted by molar-refractivity contribution is 4.90. The van der Waals surface area contributed by atoms with Crippen molar-refractivity contribution in [2.24, 2.45) is 11.8 Å². The molecular weight excluding hydrogens is 194 g/mol. The van der Waals surface area contributed by atoms with Crippen molar-refractivity contribution < 1.29 is 0 Å². The molecular formula is C15H29N. The molecule has 1 N–H and O–H groups in total. The highest BCUT2D eigenvalue weighted by Gasteiger charge is 2.22. The van der Waals surface area contributed by atoms with Gasteiger partial charge in [-0.05, 0) is 50.9 Å². The smallest absolute Gasteiger partial charge is 0.0258 e. The Labute approximate surface area is 102 Å². The van der Waals surface area contributed by atoms with Crippen molar-refractivity contribution in [1.82, 2.24) is 5.32 Å². The molecule has 0 radical (unpaired) electrons. The average molecular weight is 223 g/mol. The molecule has 0 aliphatic heterocycles. The monoisotopic (exact) mass is 223 g/mol. The fraction of sp³-hybridized carbons (Fsp3) is 0.867. The van der Waals surface area contributed by atoms with Gasteiger partial charge in [-0.25, -0.2) is 0 Å². The molecule has 1 saturated carbocycles. The standard InChI is InChI=1S/C15H29N/c1-5-13(6-2)11-14-7-9-15(10-8-14)16-12(3)4/h13-16H,3,5-11H2,1-2,4H3. The van der Waals surface area contributed by atoms with Gasteiger partial charge in [0, 0.05) is 11.7 Å². The largest absolute Gasteiger partial charge is 0.386 e. The first-order chi connectivity index (χ1) is 7.65. The van der Waals surface area contributed by atoms with Crippen molar-refractivity contribution in [3.8, 4) is 0 Å². The fourth-order valence-electron chi connectivity index (χ4n) is 2.98. The fourth-order valence-corrected chi connectivity index (χ4v) is 2.98. The van der Waals surface area contributed by atoms with E-state index < -0.39 is 0 Å². The van der Waals surface area contributed by atoms with E-state index in [9.17, 15) is 0 Å². The third-order valence-electron chi connectivity index (χ3n) is 4.12. The Kier molecular flexibility index (Phi) is 5.94. The lowest BCUT2D eigenvalue weighted by Crippen LogP contribution is -2.32. The maximum absolute atomic E-state index is 3.93. The van der Waals surface area contributed by atoms with Gasteiger partial charge in [-0.1, -0.05) is 33.3 Å². The Balaban J connectivity index is 2.23. The Hall–Kier alpha value is -0.460. The van der Waals surface area contributed by atoms with Gasteiger partial charge in [0.05, 0.1) is 0 Å². The summed E-state index contributed by atoms with van der Waals surface area (Å²) in [5.74, 6) is 1.96. The SMILES string of the molecule is C=C(C)NC1CCC(CC(CC)CC)CC1. The first-order valence-electron chi connectivity index (χ1n) is 7.07. The van der Waals surface area contributed by atoms with Crippen LogP contribution in [0.4, 0.5) is 0 Å². The van der Waals surface area contributed by atoms with Gasteiger partial charge in [0.15, 0.2) is 0 Å². The summed E-state index contributed by atoms with van der Waals surface area (Å²) in [5, 5.41) is 3.49. The first kappa shape index (κ1) is 13.6. The molecule has 16 heavy (non-hydrogen) atoms. The molecule has 1 nitrogen and oxygen atoms in total. The summed E-state index contributed by atoms with van der Waals surface area (Å²) in [6.07, 6.45) is 9.71. The summed E-state index contributed by atoms with van der Waals surface area (Å²) in [6.45, 7) is 10.7. The minimum absolute atomic E-state index is 0.704. The van der Waals surface area contributed by atoms with Crippen LogP contribution >= 0.6 is 0 Å². The highest BCUT2D eigenvalue weighted by atomic mass is 14.9. The second kappa shape index (κ2) is 6.98. The molecule has 0 saturated heterocycles. The van der Waals surface area contributed by atoms with Crippen LogP contribution in [0.1, 0.15) is 65.7 Å². The van der Waals surface area contributed by atoms with Gasteiger partial charge in [-0.3, -0.25) is 0 Å². The van der Waals surface area contributed by atoms with Crippen molar-refractivity contribution in [2.45, 2.75) is 71.8 Å². The van der Waals surface area contributed by atoms with Gasteiger partial charge >= 0.3 is 0 Å². The second-order valence-corrected chi connectivity index (χ2v) is 5.56. The van der Waals surface area contributed by atoms with Crippen molar-refractivity contribution >= 4 is 0 Å². The van der Waals surface area contributed by atoms with Crippen LogP contribution in [0.15, 0.2) is 12.3 Å². The molecule has 94 valence electrons. The summed E-state index contributed by atoms with van der Waals surface area (Å²) >= 11 is 0. The molecule has 1 aliphatic rings. The number of hydrogen-bond donors (Lipinski definition) is 1. The van der Waals surface area contributed by atoms with E-state index in [-0.39, 0.29) is 0 Å². The molecule has 1 rings (SSSR count). The highest BCUT2D eigenvalue weighted by Crippen LogP contribution is 2.31. The van der Waals surface area contributed by atoms with Crippen LogP contribution in [-0.2, 0) is 0 Å². The maximum Gasteiger partial charge on any atom is 0.0258 e. The van der Waals surface area contributed by atoms with Crippen LogP contribution in [0, 0.1) is 11.8 Å². The maximum atomic E-state index is 3.93. The van der Waals surface area contributed by atoms with Crippen LogP contribution < -0.4 is 5.32 Å². The van der Waals surface area contributed by atoms with Gasteiger partial charge in [0.2, 0.25) is 0 Å². The van der Waals surface area contributed by atoms with Crippen LogP contribution in [0.5, 0.6) is 0 Å². The molecule has 0 heterocycles. The summed E-state index contributed by atoms with van der Waals surface area (Å²) in [4.78, 5) is 0. The van der Waals surface area contributed by atoms with Crippen LogP contribution in [0.25, 0.3) is 0 Å². The lowest BCUT2D eigenvalue weighted by Gasteiger charge is -2.31. The van der Waals surface area contributed by atoms with Gasteiger partial charge in [-0.2, -0.15) is 0 Å². The second-order valence-electron chi connectivity index (χ2n) is 5.56. The van der Waals surface area contributed by atoms with Gasteiger partial charge in [-0.15, -0.1) is 0 Å². The van der Waals surface area contributed by atoms with Crippen molar-refractivity contribution in [3.05, 3.63) is 12.3 Å². The Morgan fingerprint density at radius 2 is 1.75 bits per heavy atom. The van der Waals surface area contributed by atoms with E-state index in [1.54, 1.807) is 0 Å². The van der Waals surface area contributed by atoms with Crippen molar-refractivity contribution in [3.63, 3.8) is 0 Å². The van der Waals surface area contributed by atoms with E-state index in [2.05, 4.69) is 32.7 Å². The lowest BCUT2D eigenvalue weighted by molar-refractivity contribution is 0.250. The van der Waals surface area contributed by atoms with E-state index >= 15 is 0 Å². The minimum Gasteiger partial charge on any atom is -0.386 e. The van der Waals surface area contributed by atoms with Crippen molar-refractivity contribution in [1.29, 1.82) is 0 Å². The normalized spacial score (nSPS) is 25.8. The summed E-state index contributed by atoms with van der Waals surface area (Å²) < 4.78 is 0. The first-order valence-corrected chi connectivity index (χ1v) is 7.07. The van der Waals surface area contributed by atoms with Gasteiger partial charge in [0.1, 0.15) is 0 Å². The molecule has 1 aliphatic carbocycles. The molecule has 0 aromatic carbocycles. The third kappa shape index (κ3) is 4.59. The molecule has 0 aromatic heterocycles. The zero-order chi connectivity index (χ0) is 12.0. The van der Waals surface area contributed by atoms with Gasteiger partial charge in [0.25, 0.3) is 0 Å². The third-order valence-corrected chi connectivity index (χ3v) is 4.12. The minimum atomic E-state index is 0.704. The molecule has 1 heteroatoms. The quantitative estimate of drug-likeness (QED) is 0.699. The van der Waals surface area contributed by atoms with E-state index in [1.165, 1.54) is 44.9 Å². The van der Waals surface area contributed by atoms with E-state index in [1.807, 2.05) is 0 Å². The molecule has 0 amide bonds. The van der Waals surface area contributed by atoms with Crippen molar-refractivity contribution in [2.75, 3.05) is 0 Å². The zero-order valence-electron chi connectivity index (χ0n) is 11.4. The molecule has 0 atom stereocenters. The topological polar surface area (TPSA) is 12.0 Å². The molecule has 0 spiro atoms. The predicted octanol–water partition coefficient (Wildman–Crippen LogP) is 4.49. The average Bonchev–Trinajstić information content (AvgIpc) is 2.27. The van der Waals surface area contributed by atoms with E-state index in [4.69, 9.17) is 0 Å². The van der Waals surface area contributed by atoms with Gasteiger partial charge < -0.3 is 5.32 Å². The summed E-state index contributed by atoms with van der Waals surface area (Å²) in [6, 6.07) is 0.704. The zero-order valence-corrected chi connectivity index (χ0v) is 11.4. The summed E-state index contributed by atoms with van der Waals surface area (Å²) in [5.41, 5.74) is 1.13. The van der Waals surface area contributed by atoms with Crippen LogP contribution in [0.3, 0.4) is 0 Å². The Morgan fingerprint density at radius 1 is 1.19 bits per heavy atom. The number of nitrogens with one attached hydrogen (secondary N) is 1. The molecule has 0 bridgehead atoms.